The number of ether oxygens (including phenoxy) is 3. The number of aromatic nitrogens is 3. The number of hydrogen-bond donors (Lipinski definition) is 1. The summed E-state index contributed by atoms with van der Waals surface area (Å²) in [6.45, 7) is -1.09. The molecule has 0 saturated carbocycles. The molecule has 3 aromatic rings. The van der Waals surface area contributed by atoms with E-state index >= 15 is 0 Å². The maximum absolute atomic E-state index is 12.9. The summed E-state index contributed by atoms with van der Waals surface area (Å²) in [5.74, 6) is -4.00. The van der Waals surface area contributed by atoms with Crippen molar-refractivity contribution >= 4 is 39.0 Å². The number of rotatable bonds is 9. The second kappa shape index (κ2) is 12.6. The SMILES string of the molecule is O=C(OCC1CCCCN1CC(COc1ccc(-c2nc3ncc(Br)cc3[nH]2)cc1)OC(=O)C(F)(F)F)C(F)(F)F. The van der Waals surface area contributed by atoms with E-state index in [-0.39, 0.29) is 18.8 Å². The fraction of sp³-hybridized carbons (Fsp3) is 0.440. The van der Waals surface area contributed by atoms with Crippen molar-refractivity contribution in [2.24, 2.45) is 0 Å². The van der Waals surface area contributed by atoms with Crippen LogP contribution in [-0.4, -0.2) is 82.6 Å². The van der Waals surface area contributed by atoms with Gasteiger partial charge < -0.3 is 19.2 Å². The average molecular weight is 653 g/mol. The highest BCUT2D eigenvalue weighted by molar-refractivity contribution is 9.10. The van der Waals surface area contributed by atoms with Crippen LogP contribution in [0.3, 0.4) is 0 Å². The van der Waals surface area contributed by atoms with E-state index in [4.69, 9.17) is 4.74 Å². The Labute approximate surface area is 237 Å². The second-order valence-electron chi connectivity index (χ2n) is 9.21. The fourth-order valence-corrected chi connectivity index (χ4v) is 4.59. The number of halogens is 7. The number of nitrogens with one attached hydrogen (secondary N) is 1. The molecule has 1 N–H and O–H groups in total. The number of pyridine rings is 1. The molecule has 0 radical (unpaired) electrons. The third kappa shape index (κ3) is 8.31. The van der Waals surface area contributed by atoms with Crippen LogP contribution in [0.4, 0.5) is 26.3 Å². The zero-order valence-corrected chi connectivity index (χ0v) is 22.7. The molecule has 1 fully saturated rings. The summed E-state index contributed by atoms with van der Waals surface area (Å²) in [5.41, 5.74) is 1.88. The fourth-order valence-electron chi connectivity index (χ4n) is 4.26. The van der Waals surface area contributed by atoms with Gasteiger partial charge in [0.05, 0.1) is 5.52 Å². The molecule has 1 aliphatic rings. The van der Waals surface area contributed by atoms with Gasteiger partial charge in [-0.2, -0.15) is 26.3 Å². The highest BCUT2D eigenvalue weighted by Gasteiger charge is 2.44. The maximum Gasteiger partial charge on any atom is 0.490 e. The van der Waals surface area contributed by atoms with Crippen LogP contribution in [0.25, 0.3) is 22.6 Å². The lowest BCUT2D eigenvalue weighted by molar-refractivity contribution is -0.207. The number of hydrogen-bond acceptors (Lipinski definition) is 8. The highest BCUT2D eigenvalue weighted by atomic mass is 79.9. The van der Waals surface area contributed by atoms with Crippen molar-refractivity contribution in [3.8, 4) is 17.1 Å². The summed E-state index contributed by atoms with van der Waals surface area (Å²) in [6.07, 6.45) is -8.72. The number of alkyl halides is 6. The molecule has 2 aromatic heterocycles. The monoisotopic (exact) mass is 652 g/mol. The van der Waals surface area contributed by atoms with Crippen LogP contribution in [0.2, 0.25) is 0 Å². The van der Waals surface area contributed by atoms with Crippen LogP contribution in [-0.2, 0) is 19.1 Å². The molecule has 0 aliphatic carbocycles. The number of aromatic amines is 1. The minimum Gasteiger partial charge on any atom is -0.490 e. The van der Waals surface area contributed by atoms with Gasteiger partial charge in [-0.1, -0.05) is 6.42 Å². The first-order valence-electron chi connectivity index (χ1n) is 12.3. The van der Waals surface area contributed by atoms with Crippen LogP contribution < -0.4 is 4.74 Å². The number of esters is 2. The average Bonchev–Trinajstić information content (AvgIpc) is 3.33. The van der Waals surface area contributed by atoms with E-state index < -0.39 is 49.7 Å². The molecule has 0 spiro atoms. The molecular weight excluding hydrogens is 630 g/mol. The van der Waals surface area contributed by atoms with Gasteiger partial charge in [0.1, 0.15) is 30.9 Å². The zero-order valence-electron chi connectivity index (χ0n) is 21.1. The number of likely N-dealkylation sites (tertiary alicyclic amines) is 1. The van der Waals surface area contributed by atoms with E-state index in [0.717, 1.165) is 4.47 Å². The van der Waals surface area contributed by atoms with Crippen molar-refractivity contribution < 1.29 is 50.1 Å². The Morgan fingerprint density at radius 3 is 2.46 bits per heavy atom. The summed E-state index contributed by atoms with van der Waals surface area (Å²) in [6, 6.07) is 7.53. The molecule has 3 heterocycles. The lowest BCUT2D eigenvalue weighted by Crippen LogP contribution is -2.49. The lowest BCUT2D eigenvalue weighted by atomic mass is 10.0. The van der Waals surface area contributed by atoms with Gasteiger partial charge in [0.25, 0.3) is 0 Å². The van der Waals surface area contributed by atoms with E-state index in [1.54, 1.807) is 30.5 Å². The Hall–Kier alpha value is -3.40. The molecule has 2 atom stereocenters. The normalized spacial score (nSPS) is 17.3. The van der Waals surface area contributed by atoms with Gasteiger partial charge >= 0.3 is 24.3 Å². The maximum atomic E-state index is 12.9. The number of carbonyl (C=O) groups excluding carboxylic acids is 2. The third-order valence-corrected chi connectivity index (χ3v) is 6.63. The highest BCUT2D eigenvalue weighted by Crippen LogP contribution is 2.26. The quantitative estimate of drug-likeness (QED) is 0.248. The smallest absolute Gasteiger partial charge is 0.490 e. The predicted molar refractivity (Wildman–Crippen MR) is 135 cm³/mol. The van der Waals surface area contributed by atoms with Gasteiger partial charge in [-0.15, -0.1) is 0 Å². The Kier molecular flexibility index (Phi) is 9.41. The van der Waals surface area contributed by atoms with E-state index in [1.807, 2.05) is 6.07 Å². The molecule has 41 heavy (non-hydrogen) atoms. The van der Waals surface area contributed by atoms with Crippen LogP contribution in [0.1, 0.15) is 19.3 Å². The molecule has 0 bridgehead atoms. The largest absolute Gasteiger partial charge is 0.490 e. The molecule has 222 valence electrons. The molecule has 2 unspecified atom stereocenters. The molecule has 9 nitrogen and oxygen atoms in total. The standard InChI is InChI=1S/C25H23BrF6N4O5/c26-15-9-19-21(33-10-15)35-20(34-19)14-4-6-17(7-5-14)39-13-18(41-23(38)25(30,31)32)11-36-8-2-1-3-16(36)12-40-22(37)24(27,28)29/h4-7,9-10,16,18H,1-3,8,11-13H2,(H,33,34,35). The summed E-state index contributed by atoms with van der Waals surface area (Å²) in [7, 11) is 0. The Balaban J connectivity index is 1.42. The lowest BCUT2D eigenvalue weighted by Gasteiger charge is -2.37. The summed E-state index contributed by atoms with van der Waals surface area (Å²) < 4.78 is 91.8. The van der Waals surface area contributed by atoms with Gasteiger partial charge in [-0.25, -0.2) is 19.6 Å². The van der Waals surface area contributed by atoms with Crippen molar-refractivity contribution in [1.29, 1.82) is 0 Å². The van der Waals surface area contributed by atoms with Crippen molar-refractivity contribution in [1.82, 2.24) is 19.9 Å². The number of nitrogens with zero attached hydrogens (tertiary/aromatic N) is 3. The van der Waals surface area contributed by atoms with Gasteiger partial charge in [0.15, 0.2) is 5.65 Å². The zero-order chi connectivity index (χ0) is 29.8. The topological polar surface area (TPSA) is 107 Å². The van der Waals surface area contributed by atoms with E-state index in [2.05, 4.69) is 40.4 Å². The summed E-state index contributed by atoms with van der Waals surface area (Å²) >= 11 is 3.33. The number of imidazole rings is 1. The Bertz CT molecular complexity index is 1370. The minimum absolute atomic E-state index is 0.257. The Morgan fingerprint density at radius 1 is 1.07 bits per heavy atom. The second-order valence-corrected chi connectivity index (χ2v) is 10.1. The summed E-state index contributed by atoms with van der Waals surface area (Å²) in [5, 5.41) is 0. The molecular formula is C25H23BrF6N4O5. The number of benzene rings is 1. The first-order valence-corrected chi connectivity index (χ1v) is 13.1. The van der Waals surface area contributed by atoms with Gasteiger partial charge in [-0.05, 0) is 65.6 Å². The van der Waals surface area contributed by atoms with Crippen LogP contribution in [0.15, 0.2) is 41.0 Å². The first kappa shape index (κ1) is 30.6. The van der Waals surface area contributed by atoms with Crippen LogP contribution in [0.5, 0.6) is 5.75 Å². The van der Waals surface area contributed by atoms with Gasteiger partial charge in [-0.3, -0.25) is 4.90 Å². The number of H-pyrrole nitrogens is 1. The molecule has 0 amide bonds. The molecule has 1 saturated heterocycles. The number of piperidine rings is 1. The van der Waals surface area contributed by atoms with Crippen LogP contribution in [0, 0.1) is 0 Å². The third-order valence-electron chi connectivity index (χ3n) is 6.20. The van der Waals surface area contributed by atoms with Gasteiger partial charge in [0, 0.05) is 28.8 Å². The number of fused-ring (bicyclic) bond motifs is 1. The predicted octanol–water partition coefficient (Wildman–Crippen LogP) is 5.20. The molecule has 1 aromatic carbocycles. The van der Waals surface area contributed by atoms with E-state index in [1.165, 1.54) is 4.90 Å². The first-order chi connectivity index (χ1) is 19.3. The molecule has 1 aliphatic heterocycles. The summed E-state index contributed by atoms with van der Waals surface area (Å²) in [4.78, 5) is 36.0. The minimum atomic E-state index is -5.26. The molecule has 4 rings (SSSR count). The van der Waals surface area contributed by atoms with Gasteiger partial charge in [0.2, 0.25) is 0 Å². The van der Waals surface area contributed by atoms with Crippen molar-refractivity contribution in [3.05, 3.63) is 41.0 Å². The van der Waals surface area contributed by atoms with Crippen LogP contribution >= 0.6 is 15.9 Å². The van der Waals surface area contributed by atoms with E-state index in [0.29, 0.717) is 41.8 Å². The number of carbonyl (C=O) groups is 2. The van der Waals surface area contributed by atoms with E-state index in [9.17, 15) is 35.9 Å². The van der Waals surface area contributed by atoms with Crippen molar-refractivity contribution in [2.75, 3.05) is 26.3 Å². The van der Waals surface area contributed by atoms with Crippen molar-refractivity contribution in [3.63, 3.8) is 0 Å². The molecule has 16 heteroatoms. The Morgan fingerprint density at radius 2 is 1.78 bits per heavy atom. The van der Waals surface area contributed by atoms with Crippen molar-refractivity contribution in [2.45, 2.75) is 43.8 Å².